The lowest BCUT2D eigenvalue weighted by Crippen LogP contribution is -2.55. The van der Waals surface area contributed by atoms with Crippen LogP contribution in [0.3, 0.4) is 0 Å². The highest BCUT2D eigenvalue weighted by Gasteiger charge is 2.43. The molecule has 3 aliphatic heterocycles. The Bertz CT molecular complexity index is 1810. The van der Waals surface area contributed by atoms with E-state index in [-0.39, 0.29) is 61.4 Å². The molecule has 48 heavy (non-hydrogen) atoms. The Morgan fingerprint density at radius 1 is 1.08 bits per heavy atom. The fourth-order valence-electron chi connectivity index (χ4n) is 7.67. The summed E-state index contributed by atoms with van der Waals surface area (Å²) in [5, 5.41) is 24.9. The molecule has 5 heterocycles. The first-order valence-corrected chi connectivity index (χ1v) is 16.7. The van der Waals surface area contributed by atoms with E-state index < -0.39 is 11.9 Å². The third-order valence-electron chi connectivity index (χ3n) is 9.89. The number of carbonyl (C=O) groups is 1. The van der Waals surface area contributed by atoms with Crippen LogP contribution < -0.4 is 19.7 Å². The second kappa shape index (κ2) is 13.7. The van der Waals surface area contributed by atoms with Crippen LogP contribution in [0.5, 0.6) is 11.8 Å². The molecule has 0 saturated carbocycles. The van der Waals surface area contributed by atoms with Gasteiger partial charge in [-0.25, -0.2) is 9.18 Å². The van der Waals surface area contributed by atoms with Crippen molar-refractivity contribution < 1.29 is 33.6 Å². The van der Waals surface area contributed by atoms with Crippen molar-refractivity contribution in [3.8, 4) is 23.0 Å². The number of aryl methyl sites for hydroxylation is 1. The lowest BCUT2D eigenvalue weighted by atomic mass is 9.95. The number of fused-ring (bicyclic) bond motifs is 4. The number of aliphatic hydroxyl groups excluding tert-OH is 1. The third-order valence-corrected chi connectivity index (χ3v) is 9.89. The first kappa shape index (κ1) is 32.2. The van der Waals surface area contributed by atoms with Crippen LogP contribution in [0.15, 0.2) is 36.5 Å². The maximum atomic E-state index is 17.0. The Morgan fingerprint density at radius 2 is 1.88 bits per heavy atom. The molecule has 2 bridgehead atoms. The molecular weight excluding hydrogens is 619 g/mol. The first-order valence-electron chi connectivity index (χ1n) is 16.7. The van der Waals surface area contributed by atoms with Gasteiger partial charge in [0.05, 0.1) is 17.5 Å². The molecule has 254 valence electrons. The molecule has 3 N–H and O–H groups in total. The number of benzene rings is 2. The number of pyridine rings is 1. The minimum Gasteiger partial charge on any atom is -0.468 e. The van der Waals surface area contributed by atoms with E-state index in [1.165, 1.54) is 4.90 Å². The fourth-order valence-corrected chi connectivity index (χ4v) is 7.67. The van der Waals surface area contributed by atoms with Crippen molar-refractivity contribution in [3.05, 3.63) is 47.9 Å². The van der Waals surface area contributed by atoms with Gasteiger partial charge >= 0.3 is 12.1 Å². The maximum Gasteiger partial charge on any atom is 0.407 e. The molecule has 2 aromatic carbocycles. The zero-order chi connectivity index (χ0) is 33.4. The SMILES string of the molecule is CCc1cccc2cc(OCOC)cc(-c3ncc4c(N5CC6CCC(C5)N6C(=O)O)nc(OC[C@@H]5CC[C@@H](CCO)N5)nc4c3F)c12. The van der Waals surface area contributed by atoms with Crippen LogP contribution in [0.25, 0.3) is 32.9 Å². The highest BCUT2D eigenvalue weighted by molar-refractivity contribution is 6.01. The summed E-state index contributed by atoms with van der Waals surface area (Å²) in [5.41, 5.74) is 1.84. The molecular formula is C35H41FN6O6. The van der Waals surface area contributed by atoms with Crippen molar-refractivity contribution in [2.45, 2.75) is 69.6 Å². The van der Waals surface area contributed by atoms with Crippen LogP contribution >= 0.6 is 0 Å². The van der Waals surface area contributed by atoms with Crippen LogP contribution in [0.4, 0.5) is 15.0 Å². The second-order valence-electron chi connectivity index (χ2n) is 12.8. The number of ether oxygens (including phenoxy) is 3. The minimum atomic E-state index is -0.921. The van der Waals surface area contributed by atoms with Crippen molar-refractivity contribution in [2.24, 2.45) is 0 Å². The highest BCUT2D eigenvalue weighted by atomic mass is 19.1. The molecule has 2 unspecified atom stereocenters. The number of aliphatic hydroxyl groups is 1. The zero-order valence-corrected chi connectivity index (χ0v) is 27.2. The molecule has 2 aromatic heterocycles. The van der Waals surface area contributed by atoms with Gasteiger partial charge in [0.1, 0.15) is 29.4 Å². The maximum absolute atomic E-state index is 17.0. The Labute approximate surface area is 277 Å². The van der Waals surface area contributed by atoms with Gasteiger partial charge in [-0.2, -0.15) is 9.97 Å². The first-order chi connectivity index (χ1) is 23.4. The van der Waals surface area contributed by atoms with Gasteiger partial charge in [0.25, 0.3) is 0 Å². The van der Waals surface area contributed by atoms with Crippen molar-refractivity contribution in [1.29, 1.82) is 0 Å². The van der Waals surface area contributed by atoms with Gasteiger partial charge in [-0.05, 0) is 67.0 Å². The molecule has 3 fully saturated rings. The predicted molar refractivity (Wildman–Crippen MR) is 178 cm³/mol. The number of nitrogens with one attached hydrogen (secondary N) is 1. The van der Waals surface area contributed by atoms with Crippen LogP contribution in [-0.2, 0) is 11.2 Å². The molecule has 0 spiro atoms. The normalized spacial score (nSPS) is 22.2. The van der Waals surface area contributed by atoms with E-state index in [0.717, 1.165) is 48.4 Å². The van der Waals surface area contributed by atoms with Crippen LogP contribution in [0, 0.1) is 5.82 Å². The Hall–Kier alpha value is -4.33. The molecule has 0 aliphatic carbocycles. The average Bonchev–Trinajstić information content (AvgIpc) is 3.66. The number of aromatic nitrogens is 3. The molecule has 4 aromatic rings. The average molecular weight is 661 g/mol. The standard InChI is InChI=1S/C35H41FN6O6/c1-3-20-5-4-6-21-13-26(48-19-46-2)14-27(29(20)21)31-30(36)32-28(15-37-31)33(41-16-24-9-10-25(17-41)42(24)35(44)45)40-34(39-32)47-18-23-8-7-22(38-23)11-12-43/h4-6,13-15,22-25,38,43H,3,7-12,16-19H2,1-2H3,(H,44,45)/t22-,23-,24?,25?/m0/s1. The number of nitrogens with zero attached hydrogens (tertiary/aromatic N) is 5. The van der Waals surface area contributed by atoms with E-state index in [1.807, 2.05) is 29.2 Å². The van der Waals surface area contributed by atoms with E-state index in [1.54, 1.807) is 19.4 Å². The third kappa shape index (κ3) is 6.06. The van der Waals surface area contributed by atoms with E-state index in [4.69, 9.17) is 24.2 Å². The fraction of sp³-hybridized carbons (Fsp3) is 0.486. The summed E-state index contributed by atoms with van der Waals surface area (Å²) >= 11 is 0. The lowest BCUT2D eigenvalue weighted by Gasteiger charge is -2.40. The summed E-state index contributed by atoms with van der Waals surface area (Å²) in [6, 6.07) is 9.60. The van der Waals surface area contributed by atoms with Gasteiger partial charge < -0.3 is 34.6 Å². The van der Waals surface area contributed by atoms with E-state index >= 15 is 4.39 Å². The second-order valence-corrected chi connectivity index (χ2v) is 12.8. The number of carboxylic acid groups (broad SMARTS) is 1. The zero-order valence-electron chi connectivity index (χ0n) is 27.2. The van der Waals surface area contributed by atoms with E-state index in [9.17, 15) is 15.0 Å². The van der Waals surface area contributed by atoms with Gasteiger partial charge in [0.2, 0.25) is 0 Å². The van der Waals surface area contributed by atoms with Gasteiger partial charge in [-0.3, -0.25) is 9.88 Å². The Morgan fingerprint density at radius 3 is 2.60 bits per heavy atom. The molecule has 13 heteroatoms. The van der Waals surface area contributed by atoms with Gasteiger partial charge in [0.15, 0.2) is 12.6 Å². The molecule has 0 radical (unpaired) electrons. The monoisotopic (exact) mass is 660 g/mol. The summed E-state index contributed by atoms with van der Waals surface area (Å²) < 4.78 is 34.1. The summed E-state index contributed by atoms with van der Waals surface area (Å²) in [6.07, 6.45) is 5.42. The van der Waals surface area contributed by atoms with Crippen LogP contribution in [0.2, 0.25) is 0 Å². The number of amides is 1. The number of rotatable bonds is 11. The number of hydrogen-bond acceptors (Lipinski definition) is 10. The number of hydrogen-bond donors (Lipinski definition) is 3. The summed E-state index contributed by atoms with van der Waals surface area (Å²) in [5.74, 6) is 0.395. The number of piperazine rings is 1. The van der Waals surface area contributed by atoms with Crippen molar-refractivity contribution in [2.75, 3.05) is 45.1 Å². The highest BCUT2D eigenvalue weighted by Crippen LogP contribution is 2.40. The van der Waals surface area contributed by atoms with Crippen molar-refractivity contribution in [3.63, 3.8) is 0 Å². The van der Waals surface area contributed by atoms with E-state index in [2.05, 4.69) is 17.2 Å². The smallest absolute Gasteiger partial charge is 0.407 e. The Kier molecular flexibility index (Phi) is 9.17. The van der Waals surface area contributed by atoms with Crippen molar-refractivity contribution >= 4 is 33.6 Å². The van der Waals surface area contributed by atoms with Gasteiger partial charge in [-0.15, -0.1) is 0 Å². The van der Waals surface area contributed by atoms with Crippen LogP contribution in [-0.4, -0.2) is 101 Å². The summed E-state index contributed by atoms with van der Waals surface area (Å²) in [7, 11) is 1.54. The van der Waals surface area contributed by atoms with E-state index in [0.29, 0.717) is 42.0 Å². The largest absolute Gasteiger partial charge is 0.468 e. The van der Waals surface area contributed by atoms with Crippen molar-refractivity contribution in [1.82, 2.24) is 25.2 Å². The van der Waals surface area contributed by atoms with Gasteiger partial charge in [-0.1, -0.05) is 25.1 Å². The van der Waals surface area contributed by atoms with Crippen LogP contribution in [0.1, 0.15) is 44.6 Å². The quantitative estimate of drug-likeness (QED) is 0.192. The molecule has 3 aliphatic rings. The Balaban J connectivity index is 1.33. The predicted octanol–water partition coefficient (Wildman–Crippen LogP) is 4.74. The summed E-state index contributed by atoms with van der Waals surface area (Å²) in [4.78, 5) is 29.7. The minimum absolute atomic E-state index is 0.0387. The topological polar surface area (TPSA) is 142 Å². The number of methoxy groups -OCH3 is 1. The van der Waals surface area contributed by atoms with Gasteiger partial charge in [0, 0.05) is 50.7 Å². The lowest BCUT2D eigenvalue weighted by molar-refractivity contribution is 0.0512. The molecule has 1 amide bonds. The molecule has 3 saturated heterocycles. The number of anilines is 1. The molecule has 7 rings (SSSR count). The molecule has 4 atom stereocenters. The number of halogens is 1. The molecule has 12 nitrogen and oxygen atoms in total. The summed E-state index contributed by atoms with van der Waals surface area (Å²) in [6.45, 7) is 3.35.